The van der Waals surface area contributed by atoms with E-state index >= 15 is 0 Å². The Hall–Kier alpha value is -1.36. The van der Waals surface area contributed by atoms with Gasteiger partial charge in [-0.2, -0.15) is 0 Å². The molecule has 4 N–H and O–H groups in total. The first-order valence-corrected chi connectivity index (χ1v) is 4.62. The monoisotopic (exact) mass is 195 g/mol. The van der Waals surface area contributed by atoms with Gasteiger partial charge in [0.2, 0.25) is 5.91 Å². The molecule has 2 rings (SSSR count). The number of primary amides is 1. The third kappa shape index (κ3) is 1.77. The molecule has 0 aromatic heterocycles. The zero-order valence-corrected chi connectivity index (χ0v) is 7.72. The summed E-state index contributed by atoms with van der Waals surface area (Å²) in [6.45, 7) is 0. The maximum Gasteiger partial charge on any atom is 0.229 e. The van der Waals surface area contributed by atoms with E-state index in [1.165, 1.54) is 6.20 Å². The quantitative estimate of drug-likeness (QED) is 0.637. The Morgan fingerprint density at radius 3 is 2.86 bits per heavy atom. The van der Waals surface area contributed by atoms with Crippen molar-refractivity contribution in [3.63, 3.8) is 0 Å². The van der Waals surface area contributed by atoms with Gasteiger partial charge in [0.25, 0.3) is 0 Å². The Morgan fingerprint density at radius 1 is 1.57 bits per heavy atom. The summed E-state index contributed by atoms with van der Waals surface area (Å²) in [7, 11) is 0. The Morgan fingerprint density at radius 2 is 2.29 bits per heavy atom. The fourth-order valence-corrected chi connectivity index (χ4v) is 1.44. The first-order valence-electron chi connectivity index (χ1n) is 4.62. The zero-order chi connectivity index (χ0) is 10.1. The molecule has 0 saturated heterocycles. The van der Waals surface area contributed by atoms with Gasteiger partial charge in [0.15, 0.2) is 0 Å². The van der Waals surface area contributed by atoms with Gasteiger partial charge in [-0.3, -0.25) is 9.79 Å². The molecule has 1 amide bonds. The van der Waals surface area contributed by atoms with Crippen molar-refractivity contribution >= 4 is 12.1 Å². The van der Waals surface area contributed by atoms with Gasteiger partial charge in [0.05, 0.1) is 6.10 Å². The molecule has 0 bridgehead atoms. The standard InChI is InChI=1S/C9H13N3O2/c10-6-3-12-4-7(8(6)9(11)13)14-5-1-2-5/h3-5,7-8H,1-2,10H2,(H2,11,13). The van der Waals surface area contributed by atoms with Crippen molar-refractivity contribution in [2.24, 2.45) is 22.4 Å². The van der Waals surface area contributed by atoms with Gasteiger partial charge < -0.3 is 16.2 Å². The number of hydrogen-bond acceptors (Lipinski definition) is 4. The summed E-state index contributed by atoms with van der Waals surface area (Å²) in [6.07, 6.45) is 4.98. The van der Waals surface area contributed by atoms with Crippen molar-refractivity contribution in [3.05, 3.63) is 11.9 Å². The SMILES string of the molecule is NC(=O)C1C(N)=CN=CC1OC1CC1. The van der Waals surface area contributed by atoms with Crippen molar-refractivity contribution in [1.82, 2.24) is 0 Å². The van der Waals surface area contributed by atoms with Crippen LogP contribution >= 0.6 is 0 Å². The second kappa shape index (κ2) is 3.42. The number of carbonyl (C=O) groups is 1. The summed E-state index contributed by atoms with van der Waals surface area (Å²) in [5.41, 5.74) is 11.3. The molecule has 76 valence electrons. The molecule has 14 heavy (non-hydrogen) atoms. The minimum Gasteiger partial charge on any atom is -0.400 e. The largest absolute Gasteiger partial charge is 0.400 e. The van der Waals surface area contributed by atoms with E-state index < -0.39 is 11.8 Å². The molecule has 1 fully saturated rings. The lowest BCUT2D eigenvalue weighted by atomic mass is 9.97. The molecule has 2 aliphatic rings. The van der Waals surface area contributed by atoms with Crippen molar-refractivity contribution in [1.29, 1.82) is 0 Å². The van der Waals surface area contributed by atoms with Gasteiger partial charge in [-0.25, -0.2) is 0 Å². The zero-order valence-electron chi connectivity index (χ0n) is 7.72. The van der Waals surface area contributed by atoms with E-state index in [9.17, 15) is 4.79 Å². The normalized spacial score (nSPS) is 31.3. The molecule has 2 unspecified atom stereocenters. The number of carbonyl (C=O) groups excluding carboxylic acids is 1. The van der Waals surface area contributed by atoms with Gasteiger partial charge >= 0.3 is 0 Å². The Bertz CT molecular complexity index is 307. The number of hydrogen-bond donors (Lipinski definition) is 2. The average molecular weight is 195 g/mol. The molecule has 1 saturated carbocycles. The fourth-order valence-electron chi connectivity index (χ4n) is 1.44. The van der Waals surface area contributed by atoms with Crippen LogP contribution in [0, 0.1) is 5.92 Å². The molecule has 5 heteroatoms. The maximum atomic E-state index is 11.1. The van der Waals surface area contributed by atoms with E-state index in [-0.39, 0.29) is 12.2 Å². The summed E-state index contributed by atoms with van der Waals surface area (Å²) in [6, 6.07) is 0. The molecular formula is C9H13N3O2. The second-order valence-corrected chi connectivity index (χ2v) is 3.61. The van der Waals surface area contributed by atoms with Crippen molar-refractivity contribution in [2.75, 3.05) is 0 Å². The molecule has 0 aromatic rings. The first kappa shape index (κ1) is 9.21. The lowest BCUT2D eigenvalue weighted by Crippen LogP contribution is -2.41. The molecule has 5 nitrogen and oxygen atoms in total. The highest BCUT2D eigenvalue weighted by molar-refractivity contribution is 5.86. The minimum absolute atomic E-state index is 0.249. The third-order valence-corrected chi connectivity index (χ3v) is 2.32. The van der Waals surface area contributed by atoms with Gasteiger partial charge in [0, 0.05) is 18.1 Å². The van der Waals surface area contributed by atoms with Crippen LogP contribution in [0.25, 0.3) is 0 Å². The summed E-state index contributed by atoms with van der Waals surface area (Å²) >= 11 is 0. The highest BCUT2D eigenvalue weighted by atomic mass is 16.5. The van der Waals surface area contributed by atoms with Crippen LogP contribution in [0.2, 0.25) is 0 Å². The van der Waals surface area contributed by atoms with Gasteiger partial charge in [-0.05, 0) is 12.8 Å². The van der Waals surface area contributed by atoms with Gasteiger partial charge in [-0.1, -0.05) is 0 Å². The predicted molar refractivity (Wildman–Crippen MR) is 51.3 cm³/mol. The number of nitrogens with two attached hydrogens (primary N) is 2. The Balaban J connectivity index is 2.09. The van der Waals surface area contributed by atoms with Crippen molar-refractivity contribution < 1.29 is 9.53 Å². The van der Waals surface area contributed by atoms with Crippen molar-refractivity contribution in [3.8, 4) is 0 Å². The number of rotatable bonds is 3. The molecular weight excluding hydrogens is 182 g/mol. The summed E-state index contributed by atoms with van der Waals surface area (Å²) in [4.78, 5) is 15.0. The lowest BCUT2D eigenvalue weighted by molar-refractivity contribution is -0.123. The Kier molecular flexibility index (Phi) is 2.25. The van der Waals surface area contributed by atoms with E-state index in [2.05, 4.69) is 4.99 Å². The summed E-state index contributed by atoms with van der Waals surface area (Å²) < 4.78 is 5.58. The van der Waals surface area contributed by atoms with E-state index in [4.69, 9.17) is 16.2 Å². The number of aliphatic imine (C=N–C) groups is 1. The molecule has 2 atom stereocenters. The average Bonchev–Trinajstić information content (AvgIpc) is 2.87. The van der Waals surface area contributed by atoms with E-state index in [1.54, 1.807) is 6.21 Å². The number of amides is 1. The smallest absolute Gasteiger partial charge is 0.229 e. The van der Waals surface area contributed by atoms with Gasteiger partial charge in [0.1, 0.15) is 12.0 Å². The highest BCUT2D eigenvalue weighted by Gasteiger charge is 2.35. The molecule has 0 radical (unpaired) electrons. The van der Waals surface area contributed by atoms with Crippen LogP contribution in [-0.4, -0.2) is 24.3 Å². The van der Waals surface area contributed by atoms with Crippen LogP contribution in [0.1, 0.15) is 12.8 Å². The minimum atomic E-state index is -0.562. The second-order valence-electron chi connectivity index (χ2n) is 3.61. The highest BCUT2D eigenvalue weighted by Crippen LogP contribution is 2.28. The molecule has 0 spiro atoms. The van der Waals surface area contributed by atoms with Crippen LogP contribution in [0.3, 0.4) is 0 Å². The van der Waals surface area contributed by atoms with Crippen LogP contribution in [-0.2, 0) is 9.53 Å². The van der Waals surface area contributed by atoms with Crippen LogP contribution in [0.15, 0.2) is 16.9 Å². The third-order valence-electron chi connectivity index (χ3n) is 2.32. The topological polar surface area (TPSA) is 90.7 Å². The van der Waals surface area contributed by atoms with Crippen molar-refractivity contribution in [2.45, 2.75) is 25.0 Å². The number of nitrogens with zero attached hydrogens (tertiary/aromatic N) is 1. The molecule has 1 heterocycles. The molecule has 1 aliphatic carbocycles. The van der Waals surface area contributed by atoms with Gasteiger partial charge in [-0.15, -0.1) is 0 Å². The van der Waals surface area contributed by atoms with Crippen LogP contribution in [0.4, 0.5) is 0 Å². The first-order chi connectivity index (χ1) is 6.68. The van der Waals surface area contributed by atoms with E-state index in [0.717, 1.165) is 12.8 Å². The van der Waals surface area contributed by atoms with Crippen LogP contribution in [0.5, 0.6) is 0 Å². The lowest BCUT2D eigenvalue weighted by Gasteiger charge is -2.24. The van der Waals surface area contributed by atoms with E-state index in [1.807, 2.05) is 0 Å². The summed E-state index contributed by atoms with van der Waals surface area (Å²) in [5.74, 6) is -1.02. The van der Waals surface area contributed by atoms with E-state index in [0.29, 0.717) is 5.70 Å². The fraction of sp³-hybridized carbons (Fsp3) is 0.556. The Labute approximate surface area is 81.8 Å². The maximum absolute atomic E-state index is 11.1. The summed E-state index contributed by atoms with van der Waals surface area (Å²) in [5, 5.41) is 0. The number of ether oxygens (including phenoxy) is 1. The van der Waals surface area contributed by atoms with Crippen LogP contribution < -0.4 is 11.5 Å². The molecule has 1 aliphatic heterocycles. The predicted octanol–water partition coefficient (Wildman–Crippen LogP) is -0.480. The molecule has 0 aromatic carbocycles.